The Morgan fingerprint density at radius 2 is 1.40 bits per heavy atom. The molecule has 0 unspecified atom stereocenters. The van der Waals surface area contributed by atoms with Gasteiger partial charge >= 0.3 is 16.1 Å². The average Bonchev–Trinajstić information content (AvgIpc) is 2.80. The number of ether oxygens (including phenoxy) is 3. The summed E-state index contributed by atoms with van der Waals surface area (Å²) >= 11 is 0. The third-order valence-electron chi connectivity index (χ3n) is 4.86. The molecular weight excluding hydrogens is 472 g/mol. The highest BCUT2D eigenvalue weighted by atomic mass is 32.2. The first-order chi connectivity index (χ1) is 16.5. The van der Waals surface area contributed by atoms with Crippen LogP contribution in [0.1, 0.15) is 25.8 Å². The Labute approximate surface area is 205 Å². The molecule has 8 nitrogen and oxygen atoms in total. The molecule has 0 bridgehead atoms. The molecule has 0 amide bonds. The van der Waals surface area contributed by atoms with Crippen LogP contribution >= 0.6 is 0 Å². The van der Waals surface area contributed by atoms with Crippen LogP contribution in [0, 0.1) is 6.92 Å². The number of benzene rings is 3. The van der Waals surface area contributed by atoms with E-state index >= 15 is 0 Å². The number of carboxylic acid groups (broad SMARTS) is 1. The van der Waals surface area contributed by atoms with Gasteiger partial charge in [-0.3, -0.25) is 0 Å². The lowest BCUT2D eigenvalue weighted by molar-refractivity contribution is -0.152. The summed E-state index contributed by atoms with van der Waals surface area (Å²) in [5.74, 6) is 0.650. The highest BCUT2D eigenvalue weighted by Gasteiger charge is 2.29. The van der Waals surface area contributed by atoms with Crippen LogP contribution in [-0.4, -0.2) is 38.3 Å². The molecule has 3 aromatic rings. The second-order valence-corrected chi connectivity index (χ2v) is 9.81. The molecule has 0 aliphatic rings. The summed E-state index contributed by atoms with van der Waals surface area (Å²) < 4.78 is 46.8. The van der Waals surface area contributed by atoms with Crippen LogP contribution in [0.15, 0.2) is 77.7 Å². The molecular formula is C26H28O8S. The topological polar surface area (TPSA) is 108 Å². The van der Waals surface area contributed by atoms with Crippen molar-refractivity contribution in [3.63, 3.8) is 0 Å². The highest BCUT2D eigenvalue weighted by molar-refractivity contribution is 7.87. The van der Waals surface area contributed by atoms with Gasteiger partial charge in [0.2, 0.25) is 0 Å². The van der Waals surface area contributed by atoms with E-state index in [4.69, 9.17) is 18.4 Å². The number of hydrogen-bond donors (Lipinski definition) is 1. The van der Waals surface area contributed by atoms with Crippen molar-refractivity contribution >= 4 is 16.1 Å². The van der Waals surface area contributed by atoms with E-state index in [9.17, 15) is 18.3 Å². The minimum atomic E-state index is -3.91. The van der Waals surface area contributed by atoms with Crippen molar-refractivity contribution in [2.24, 2.45) is 0 Å². The molecule has 0 aliphatic heterocycles. The second-order valence-electron chi connectivity index (χ2n) is 8.26. The number of rotatable bonds is 12. The van der Waals surface area contributed by atoms with E-state index in [1.54, 1.807) is 48.5 Å². The molecule has 0 heterocycles. The fraction of sp³-hybridized carbons (Fsp3) is 0.269. The maximum atomic E-state index is 12.4. The van der Waals surface area contributed by atoms with Crippen molar-refractivity contribution in [1.82, 2.24) is 0 Å². The molecule has 9 heteroatoms. The predicted molar refractivity (Wildman–Crippen MR) is 130 cm³/mol. The standard InChI is InChI=1S/C26H28O8S/c1-19-8-14-24(15-9-19)35(29,30)34-21-12-10-20(11-13-21)31-16-5-17-32-22-6-4-7-23(18-22)33-26(2,3)25(27)28/h4,6-15,18H,5,16-17H2,1-3H3,(H,27,28). The maximum absolute atomic E-state index is 12.4. The van der Waals surface area contributed by atoms with Gasteiger partial charge in [-0.15, -0.1) is 0 Å². The molecule has 0 radical (unpaired) electrons. The molecule has 3 aromatic carbocycles. The quantitative estimate of drug-likeness (QED) is 0.278. The average molecular weight is 501 g/mol. The fourth-order valence-electron chi connectivity index (χ4n) is 2.88. The fourth-order valence-corrected chi connectivity index (χ4v) is 3.81. The van der Waals surface area contributed by atoms with Gasteiger partial charge in [-0.25, -0.2) is 4.79 Å². The first-order valence-electron chi connectivity index (χ1n) is 10.9. The van der Waals surface area contributed by atoms with Gasteiger partial charge in [0, 0.05) is 12.5 Å². The second kappa shape index (κ2) is 11.1. The molecule has 0 spiro atoms. The maximum Gasteiger partial charge on any atom is 0.347 e. The summed E-state index contributed by atoms with van der Waals surface area (Å²) in [4.78, 5) is 11.3. The van der Waals surface area contributed by atoms with Gasteiger partial charge in [0.25, 0.3) is 0 Å². The zero-order valence-corrected chi connectivity index (χ0v) is 20.6. The Bertz CT molecular complexity index is 1230. The smallest absolute Gasteiger partial charge is 0.347 e. The molecule has 1 N–H and O–H groups in total. The molecule has 186 valence electrons. The van der Waals surface area contributed by atoms with E-state index in [0.29, 0.717) is 36.9 Å². The molecule has 0 saturated carbocycles. The summed E-state index contributed by atoms with van der Waals surface area (Å²) in [6.45, 7) is 5.58. The normalized spacial score (nSPS) is 11.5. The minimum Gasteiger partial charge on any atom is -0.493 e. The van der Waals surface area contributed by atoms with Crippen LogP contribution in [-0.2, 0) is 14.9 Å². The Kier molecular flexibility index (Phi) is 8.24. The van der Waals surface area contributed by atoms with Gasteiger partial charge in [-0.2, -0.15) is 8.42 Å². The van der Waals surface area contributed by atoms with Gasteiger partial charge in [0.15, 0.2) is 5.60 Å². The van der Waals surface area contributed by atoms with Crippen LogP contribution in [0.2, 0.25) is 0 Å². The SMILES string of the molecule is Cc1ccc(S(=O)(=O)Oc2ccc(OCCCOc3cccc(OC(C)(C)C(=O)O)c3)cc2)cc1. The molecule has 0 aliphatic carbocycles. The largest absolute Gasteiger partial charge is 0.493 e. The lowest BCUT2D eigenvalue weighted by atomic mass is 10.1. The van der Waals surface area contributed by atoms with Gasteiger partial charge in [0.05, 0.1) is 13.2 Å². The molecule has 0 aromatic heterocycles. The highest BCUT2D eigenvalue weighted by Crippen LogP contribution is 2.24. The van der Waals surface area contributed by atoms with Crippen molar-refractivity contribution in [3.05, 3.63) is 78.4 Å². The molecule has 0 saturated heterocycles. The number of aliphatic carboxylic acids is 1. The van der Waals surface area contributed by atoms with Gasteiger partial charge < -0.3 is 23.5 Å². The third kappa shape index (κ3) is 7.65. The minimum absolute atomic E-state index is 0.0890. The summed E-state index contributed by atoms with van der Waals surface area (Å²) in [7, 11) is -3.91. The Morgan fingerprint density at radius 3 is 2.03 bits per heavy atom. The summed E-state index contributed by atoms with van der Waals surface area (Å²) in [5, 5.41) is 9.18. The van der Waals surface area contributed by atoms with Crippen molar-refractivity contribution in [2.75, 3.05) is 13.2 Å². The van der Waals surface area contributed by atoms with Gasteiger partial charge in [-0.1, -0.05) is 23.8 Å². The zero-order chi connectivity index (χ0) is 25.5. The number of carboxylic acids is 1. The van der Waals surface area contributed by atoms with Crippen LogP contribution in [0.25, 0.3) is 0 Å². The van der Waals surface area contributed by atoms with E-state index in [2.05, 4.69) is 0 Å². The lowest BCUT2D eigenvalue weighted by Gasteiger charge is -2.21. The monoisotopic (exact) mass is 500 g/mol. The first kappa shape index (κ1) is 25.9. The zero-order valence-electron chi connectivity index (χ0n) is 19.8. The van der Waals surface area contributed by atoms with Crippen LogP contribution in [0.5, 0.6) is 23.0 Å². The Balaban J connectivity index is 1.43. The van der Waals surface area contributed by atoms with E-state index in [1.165, 1.54) is 38.1 Å². The number of aryl methyl sites for hydroxylation is 1. The van der Waals surface area contributed by atoms with Crippen LogP contribution in [0.3, 0.4) is 0 Å². The molecule has 0 atom stereocenters. The molecule has 0 fully saturated rings. The van der Waals surface area contributed by atoms with Crippen molar-refractivity contribution in [3.8, 4) is 23.0 Å². The first-order valence-corrected chi connectivity index (χ1v) is 12.4. The summed E-state index contributed by atoms with van der Waals surface area (Å²) in [6.07, 6.45) is 0.589. The Hall–Kier alpha value is -3.72. The van der Waals surface area contributed by atoms with E-state index < -0.39 is 21.7 Å². The van der Waals surface area contributed by atoms with Crippen molar-refractivity contribution in [2.45, 2.75) is 37.7 Å². The molecule has 35 heavy (non-hydrogen) atoms. The van der Waals surface area contributed by atoms with Crippen LogP contribution < -0.4 is 18.4 Å². The lowest BCUT2D eigenvalue weighted by Crippen LogP contribution is -2.37. The van der Waals surface area contributed by atoms with Gasteiger partial charge in [-0.05, 0) is 69.3 Å². The summed E-state index contributed by atoms with van der Waals surface area (Å²) in [5.41, 5.74) is -0.393. The van der Waals surface area contributed by atoms with Crippen LogP contribution in [0.4, 0.5) is 0 Å². The number of carbonyl (C=O) groups is 1. The van der Waals surface area contributed by atoms with Crippen molar-refractivity contribution < 1.29 is 36.7 Å². The van der Waals surface area contributed by atoms with E-state index in [1.807, 2.05) is 6.92 Å². The van der Waals surface area contributed by atoms with Crippen molar-refractivity contribution in [1.29, 1.82) is 0 Å². The van der Waals surface area contributed by atoms with Gasteiger partial charge in [0.1, 0.15) is 27.9 Å². The third-order valence-corrected chi connectivity index (χ3v) is 6.12. The predicted octanol–water partition coefficient (Wildman–Crippen LogP) is 4.85. The van der Waals surface area contributed by atoms with E-state index in [0.717, 1.165) is 5.56 Å². The van der Waals surface area contributed by atoms with E-state index in [-0.39, 0.29) is 10.6 Å². The molecule has 3 rings (SSSR count). The Morgan fingerprint density at radius 1 is 0.829 bits per heavy atom. The number of hydrogen-bond acceptors (Lipinski definition) is 7. The summed E-state index contributed by atoms with van der Waals surface area (Å²) in [6, 6.07) is 19.5.